The van der Waals surface area contributed by atoms with Gasteiger partial charge in [-0.15, -0.1) is 0 Å². The largest absolute Gasteiger partial charge is 0.333 e. The summed E-state index contributed by atoms with van der Waals surface area (Å²) in [6.07, 6.45) is 0. The third kappa shape index (κ3) is 7.74. The van der Waals surface area contributed by atoms with Crippen LogP contribution in [0.3, 0.4) is 0 Å². The Morgan fingerprint density at radius 3 is 1.25 bits per heavy atom. The van der Waals surface area contributed by atoms with Gasteiger partial charge in [0.1, 0.15) is 0 Å². The molecular weight excluding hydrogens is 196 g/mol. The fraction of sp³-hybridized carbons (Fsp3) is 0.143. The van der Waals surface area contributed by atoms with Crippen LogP contribution in [0.15, 0.2) is 66.7 Å². The molecule has 0 saturated carbocycles. The van der Waals surface area contributed by atoms with Crippen LogP contribution in [0.1, 0.15) is 5.56 Å². The van der Waals surface area contributed by atoms with Gasteiger partial charge in [0.15, 0.2) is 0 Å². The van der Waals surface area contributed by atoms with Crippen molar-refractivity contribution < 1.29 is 0 Å². The first-order chi connectivity index (χ1) is 7.93. The lowest BCUT2D eigenvalue weighted by Crippen LogP contribution is -1.94. The molecule has 0 atom stereocenters. The van der Waals surface area contributed by atoms with Gasteiger partial charge in [-0.25, -0.2) is 0 Å². The van der Waals surface area contributed by atoms with Gasteiger partial charge in [0, 0.05) is 6.54 Å². The highest BCUT2D eigenvalue weighted by molar-refractivity contribution is 5.13. The van der Waals surface area contributed by atoms with Gasteiger partial charge in [-0.05, 0) is 12.6 Å². The first-order valence-corrected chi connectivity index (χ1v) is 5.25. The van der Waals surface area contributed by atoms with Crippen LogP contribution >= 0.6 is 0 Å². The molecule has 0 saturated heterocycles. The van der Waals surface area contributed by atoms with Gasteiger partial charge in [0.2, 0.25) is 0 Å². The molecular formula is C14H20N2. The Balaban J connectivity index is 0.000000251. The molecule has 4 N–H and O–H groups in total. The molecule has 2 rings (SSSR count). The molecule has 2 aromatic carbocycles. The second-order valence-electron chi connectivity index (χ2n) is 2.84. The Kier molecular flexibility index (Phi) is 10.3. The molecule has 2 aromatic rings. The summed E-state index contributed by atoms with van der Waals surface area (Å²) in [5.41, 5.74) is 11.0. The predicted octanol–water partition coefficient (Wildman–Crippen LogP) is 2.41. The smallest absolute Gasteiger partial charge is 0.0178 e. The van der Waals surface area contributed by atoms with Gasteiger partial charge in [0.25, 0.3) is 0 Å². The average molecular weight is 216 g/mol. The molecule has 0 aliphatic heterocycles. The first-order valence-electron chi connectivity index (χ1n) is 5.25. The van der Waals surface area contributed by atoms with Gasteiger partial charge in [0.05, 0.1) is 0 Å². The van der Waals surface area contributed by atoms with Gasteiger partial charge < -0.3 is 11.5 Å². The van der Waals surface area contributed by atoms with Crippen LogP contribution in [-0.2, 0) is 6.54 Å². The van der Waals surface area contributed by atoms with Gasteiger partial charge in [-0.1, -0.05) is 66.7 Å². The Morgan fingerprint density at radius 1 is 0.688 bits per heavy atom. The molecule has 0 aliphatic rings. The minimum Gasteiger partial charge on any atom is -0.333 e. The standard InChI is InChI=1S/C7H9N.C6H6.CH5N/c8-6-7-4-2-1-3-5-7;1-2-4-6-5-3-1;1-2/h1-5H,6,8H2;1-6H;2H2,1H3. The maximum absolute atomic E-state index is 5.35. The molecule has 0 aliphatic carbocycles. The fourth-order valence-electron chi connectivity index (χ4n) is 0.999. The average Bonchev–Trinajstić information content (AvgIpc) is 2.44. The normalized spacial score (nSPS) is 7.94. The second kappa shape index (κ2) is 11.4. The summed E-state index contributed by atoms with van der Waals surface area (Å²) >= 11 is 0. The summed E-state index contributed by atoms with van der Waals surface area (Å²) in [5.74, 6) is 0. The van der Waals surface area contributed by atoms with Crippen LogP contribution in [0.4, 0.5) is 0 Å². The van der Waals surface area contributed by atoms with Crippen molar-refractivity contribution in [2.75, 3.05) is 7.05 Å². The topological polar surface area (TPSA) is 52.0 Å². The molecule has 0 radical (unpaired) electrons. The van der Waals surface area contributed by atoms with E-state index in [0.717, 1.165) is 0 Å². The monoisotopic (exact) mass is 216 g/mol. The number of hydrogen-bond acceptors (Lipinski definition) is 2. The Labute approximate surface area is 97.9 Å². The van der Waals surface area contributed by atoms with E-state index in [2.05, 4.69) is 5.73 Å². The van der Waals surface area contributed by atoms with Crippen molar-refractivity contribution in [2.45, 2.75) is 6.54 Å². The lowest BCUT2D eigenvalue weighted by Gasteiger charge is -1.90. The van der Waals surface area contributed by atoms with E-state index in [1.807, 2.05) is 66.7 Å². The highest BCUT2D eigenvalue weighted by atomic mass is 14.5. The van der Waals surface area contributed by atoms with Crippen molar-refractivity contribution in [3.63, 3.8) is 0 Å². The summed E-state index contributed by atoms with van der Waals surface area (Å²) in [5, 5.41) is 0. The number of rotatable bonds is 1. The number of hydrogen-bond donors (Lipinski definition) is 2. The molecule has 0 amide bonds. The van der Waals surface area contributed by atoms with Gasteiger partial charge in [-0.2, -0.15) is 0 Å². The zero-order valence-electron chi connectivity index (χ0n) is 9.71. The molecule has 0 spiro atoms. The lowest BCUT2D eigenvalue weighted by molar-refractivity contribution is 1.07. The third-order valence-corrected chi connectivity index (χ3v) is 1.75. The summed E-state index contributed by atoms with van der Waals surface area (Å²) in [4.78, 5) is 0. The Bertz CT molecular complexity index is 292. The van der Waals surface area contributed by atoms with Crippen molar-refractivity contribution in [2.24, 2.45) is 11.5 Å². The van der Waals surface area contributed by atoms with Crippen LogP contribution in [0.25, 0.3) is 0 Å². The Morgan fingerprint density at radius 2 is 1.00 bits per heavy atom. The fourth-order valence-corrected chi connectivity index (χ4v) is 0.999. The molecule has 16 heavy (non-hydrogen) atoms. The molecule has 0 fully saturated rings. The van der Waals surface area contributed by atoms with Crippen molar-refractivity contribution in [3.8, 4) is 0 Å². The highest BCUT2D eigenvalue weighted by Crippen LogP contribution is 1.94. The molecule has 0 heterocycles. The first kappa shape index (κ1) is 14.4. The molecule has 0 aromatic heterocycles. The minimum atomic E-state index is 0.640. The van der Waals surface area contributed by atoms with Gasteiger partial charge in [-0.3, -0.25) is 0 Å². The number of benzene rings is 2. The van der Waals surface area contributed by atoms with E-state index in [0.29, 0.717) is 6.54 Å². The lowest BCUT2D eigenvalue weighted by atomic mass is 10.2. The van der Waals surface area contributed by atoms with Gasteiger partial charge >= 0.3 is 0 Å². The van der Waals surface area contributed by atoms with Crippen LogP contribution in [0.2, 0.25) is 0 Å². The molecule has 0 bridgehead atoms. The second-order valence-corrected chi connectivity index (χ2v) is 2.84. The van der Waals surface area contributed by atoms with E-state index < -0.39 is 0 Å². The summed E-state index contributed by atoms with van der Waals surface area (Å²) in [6, 6.07) is 22.0. The zero-order chi connectivity index (χ0) is 12.1. The van der Waals surface area contributed by atoms with Crippen molar-refractivity contribution in [1.29, 1.82) is 0 Å². The SMILES string of the molecule is CN.NCc1ccccc1.c1ccccc1. The maximum atomic E-state index is 5.35. The predicted molar refractivity (Wildman–Crippen MR) is 70.9 cm³/mol. The van der Waals surface area contributed by atoms with E-state index in [4.69, 9.17) is 5.73 Å². The molecule has 2 nitrogen and oxygen atoms in total. The van der Waals surface area contributed by atoms with Crippen LogP contribution in [-0.4, -0.2) is 7.05 Å². The minimum absolute atomic E-state index is 0.640. The molecule has 0 unspecified atom stereocenters. The van der Waals surface area contributed by atoms with Crippen LogP contribution in [0, 0.1) is 0 Å². The third-order valence-electron chi connectivity index (χ3n) is 1.75. The summed E-state index contributed by atoms with van der Waals surface area (Å²) in [6.45, 7) is 0.640. The van der Waals surface area contributed by atoms with E-state index in [1.165, 1.54) is 12.6 Å². The number of nitrogens with two attached hydrogens (primary N) is 2. The van der Waals surface area contributed by atoms with E-state index in [1.54, 1.807) is 0 Å². The van der Waals surface area contributed by atoms with E-state index >= 15 is 0 Å². The summed E-state index contributed by atoms with van der Waals surface area (Å²) < 4.78 is 0. The zero-order valence-corrected chi connectivity index (χ0v) is 9.71. The van der Waals surface area contributed by atoms with Crippen molar-refractivity contribution in [1.82, 2.24) is 0 Å². The van der Waals surface area contributed by atoms with E-state index in [9.17, 15) is 0 Å². The maximum Gasteiger partial charge on any atom is 0.0178 e. The van der Waals surface area contributed by atoms with Crippen LogP contribution < -0.4 is 11.5 Å². The quantitative estimate of drug-likeness (QED) is 0.769. The van der Waals surface area contributed by atoms with Crippen molar-refractivity contribution in [3.05, 3.63) is 72.3 Å². The summed E-state index contributed by atoms with van der Waals surface area (Å²) in [7, 11) is 1.50. The highest BCUT2D eigenvalue weighted by Gasteiger charge is 1.80. The van der Waals surface area contributed by atoms with Crippen LogP contribution in [0.5, 0.6) is 0 Å². The van der Waals surface area contributed by atoms with E-state index in [-0.39, 0.29) is 0 Å². The molecule has 2 heteroatoms. The molecule has 86 valence electrons. The Hall–Kier alpha value is -1.64. The van der Waals surface area contributed by atoms with Crippen molar-refractivity contribution >= 4 is 0 Å².